The average molecular weight is 334 g/mol. The monoisotopic (exact) mass is 332 g/mol. The molecular weight excluding hydrogens is 316 g/mol. The van der Waals surface area contributed by atoms with Gasteiger partial charge in [0.1, 0.15) is 0 Å². The third-order valence-corrected chi connectivity index (χ3v) is 3.52. The number of alkyl halides is 1. The second-order valence-electron chi connectivity index (χ2n) is 4.41. The Morgan fingerprint density at radius 2 is 2.11 bits per heavy atom. The highest BCUT2D eigenvalue weighted by Crippen LogP contribution is 2.13. The maximum Gasteiger partial charge on any atom is 0.230 e. The standard InChI is InChI=1S/C13H17BrN2O.ClH/c14-8-13(17)15-12-6-7-16(10-12)9-11-4-2-1-3-5-11;/h1-5,12H,6-10H2,(H,15,17);1H. The maximum atomic E-state index is 11.3. The molecule has 0 spiro atoms. The SMILES string of the molecule is Cl.O=C(CBr)NC1CCN(Cc2ccccc2)C1. The molecule has 1 aliphatic rings. The van der Waals surface area contributed by atoms with Crippen molar-refractivity contribution in [2.45, 2.75) is 19.0 Å². The molecule has 100 valence electrons. The van der Waals surface area contributed by atoms with E-state index in [1.54, 1.807) is 0 Å². The van der Waals surface area contributed by atoms with Crippen molar-refractivity contribution in [3.63, 3.8) is 0 Å². The molecule has 2 rings (SSSR count). The van der Waals surface area contributed by atoms with E-state index in [0.29, 0.717) is 11.4 Å². The van der Waals surface area contributed by atoms with Gasteiger partial charge in [0.2, 0.25) is 5.91 Å². The van der Waals surface area contributed by atoms with Gasteiger partial charge in [-0.3, -0.25) is 9.69 Å². The van der Waals surface area contributed by atoms with Gasteiger partial charge in [0.05, 0.1) is 5.33 Å². The quantitative estimate of drug-likeness (QED) is 0.857. The summed E-state index contributed by atoms with van der Waals surface area (Å²) in [6.07, 6.45) is 1.05. The summed E-state index contributed by atoms with van der Waals surface area (Å²) in [5.74, 6) is 0.0801. The van der Waals surface area contributed by atoms with Crippen molar-refractivity contribution in [3.05, 3.63) is 35.9 Å². The Labute approximate surface area is 122 Å². The van der Waals surface area contributed by atoms with Crippen molar-refractivity contribution in [3.8, 4) is 0 Å². The van der Waals surface area contributed by atoms with Gasteiger partial charge >= 0.3 is 0 Å². The summed E-state index contributed by atoms with van der Waals surface area (Å²) >= 11 is 3.17. The molecule has 0 bridgehead atoms. The fourth-order valence-corrected chi connectivity index (χ4v) is 2.36. The highest BCUT2D eigenvalue weighted by Gasteiger charge is 2.23. The number of hydrogen-bond acceptors (Lipinski definition) is 2. The highest BCUT2D eigenvalue weighted by atomic mass is 79.9. The Hall–Kier alpha value is -0.580. The van der Waals surface area contributed by atoms with Gasteiger partial charge in [0.15, 0.2) is 0 Å². The van der Waals surface area contributed by atoms with E-state index in [1.165, 1.54) is 5.56 Å². The summed E-state index contributed by atoms with van der Waals surface area (Å²) in [6, 6.07) is 10.8. The van der Waals surface area contributed by atoms with Crippen LogP contribution in [0.1, 0.15) is 12.0 Å². The fraction of sp³-hybridized carbons (Fsp3) is 0.462. The highest BCUT2D eigenvalue weighted by molar-refractivity contribution is 9.09. The Balaban J connectivity index is 0.00000162. The first-order valence-corrected chi connectivity index (χ1v) is 7.01. The van der Waals surface area contributed by atoms with Crippen LogP contribution in [0.15, 0.2) is 30.3 Å². The van der Waals surface area contributed by atoms with Crippen LogP contribution in [0.5, 0.6) is 0 Å². The lowest BCUT2D eigenvalue weighted by Crippen LogP contribution is -2.37. The van der Waals surface area contributed by atoms with Crippen LogP contribution in [0.4, 0.5) is 0 Å². The van der Waals surface area contributed by atoms with Gasteiger partial charge in [-0.15, -0.1) is 12.4 Å². The zero-order valence-electron chi connectivity index (χ0n) is 10.1. The summed E-state index contributed by atoms with van der Waals surface area (Å²) in [6.45, 7) is 2.98. The van der Waals surface area contributed by atoms with E-state index < -0.39 is 0 Å². The molecule has 0 aromatic heterocycles. The number of benzene rings is 1. The summed E-state index contributed by atoms with van der Waals surface area (Å²) in [4.78, 5) is 13.6. The smallest absolute Gasteiger partial charge is 0.230 e. The molecule has 1 unspecified atom stereocenters. The van der Waals surface area contributed by atoms with Gasteiger partial charge in [-0.1, -0.05) is 46.3 Å². The minimum Gasteiger partial charge on any atom is -0.351 e. The average Bonchev–Trinajstić information content (AvgIpc) is 2.77. The largest absolute Gasteiger partial charge is 0.351 e. The van der Waals surface area contributed by atoms with Gasteiger partial charge in [-0.25, -0.2) is 0 Å². The number of carbonyl (C=O) groups is 1. The van der Waals surface area contributed by atoms with E-state index in [2.05, 4.69) is 50.4 Å². The van der Waals surface area contributed by atoms with Gasteiger partial charge < -0.3 is 5.32 Å². The predicted octanol–water partition coefficient (Wildman–Crippen LogP) is 2.19. The van der Waals surface area contributed by atoms with Crippen molar-refractivity contribution in [2.75, 3.05) is 18.4 Å². The van der Waals surface area contributed by atoms with E-state index in [-0.39, 0.29) is 18.3 Å². The normalized spacial score (nSPS) is 19.3. The minimum absolute atomic E-state index is 0. The number of halogens is 2. The fourth-order valence-electron chi connectivity index (χ4n) is 2.20. The molecule has 5 heteroatoms. The number of nitrogens with one attached hydrogen (secondary N) is 1. The van der Waals surface area contributed by atoms with Crippen molar-refractivity contribution in [2.24, 2.45) is 0 Å². The van der Waals surface area contributed by atoms with Crippen LogP contribution >= 0.6 is 28.3 Å². The van der Waals surface area contributed by atoms with Gasteiger partial charge in [-0.05, 0) is 12.0 Å². The number of rotatable bonds is 4. The molecule has 1 saturated heterocycles. The van der Waals surface area contributed by atoms with E-state index in [9.17, 15) is 4.79 Å². The molecule has 1 atom stereocenters. The Kier molecular flexibility index (Phi) is 6.68. The van der Waals surface area contributed by atoms with Crippen molar-refractivity contribution < 1.29 is 4.79 Å². The zero-order valence-corrected chi connectivity index (χ0v) is 12.5. The van der Waals surface area contributed by atoms with Crippen LogP contribution in [0.25, 0.3) is 0 Å². The molecule has 1 heterocycles. The third-order valence-electron chi connectivity index (χ3n) is 3.01. The van der Waals surface area contributed by atoms with Crippen LogP contribution < -0.4 is 5.32 Å². The molecule has 0 saturated carbocycles. The first-order valence-electron chi connectivity index (χ1n) is 5.89. The van der Waals surface area contributed by atoms with Crippen LogP contribution in [0.3, 0.4) is 0 Å². The molecule has 0 radical (unpaired) electrons. The Morgan fingerprint density at radius 3 is 2.78 bits per heavy atom. The molecule has 1 aromatic rings. The van der Waals surface area contributed by atoms with Crippen molar-refractivity contribution >= 4 is 34.2 Å². The second kappa shape index (κ2) is 7.77. The predicted molar refractivity (Wildman–Crippen MR) is 79.3 cm³/mol. The zero-order chi connectivity index (χ0) is 12.1. The van der Waals surface area contributed by atoms with E-state index >= 15 is 0 Å². The molecule has 0 aliphatic carbocycles. The van der Waals surface area contributed by atoms with Crippen molar-refractivity contribution in [1.29, 1.82) is 0 Å². The molecule has 3 nitrogen and oxygen atoms in total. The van der Waals surface area contributed by atoms with Crippen LogP contribution in [0, 0.1) is 0 Å². The molecule has 1 aromatic carbocycles. The van der Waals surface area contributed by atoms with E-state index in [0.717, 1.165) is 26.1 Å². The summed E-state index contributed by atoms with van der Waals surface area (Å²) in [5, 5.41) is 3.41. The third kappa shape index (κ3) is 4.59. The topological polar surface area (TPSA) is 32.3 Å². The first kappa shape index (κ1) is 15.5. The summed E-state index contributed by atoms with van der Waals surface area (Å²) < 4.78 is 0. The molecule has 18 heavy (non-hydrogen) atoms. The Morgan fingerprint density at radius 1 is 1.39 bits per heavy atom. The number of likely N-dealkylation sites (tertiary alicyclic amines) is 1. The van der Waals surface area contributed by atoms with Gasteiger partial charge in [0.25, 0.3) is 0 Å². The lowest BCUT2D eigenvalue weighted by Gasteiger charge is -2.16. The van der Waals surface area contributed by atoms with Crippen LogP contribution in [-0.4, -0.2) is 35.3 Å². The first-order chi connectivity index (χ1) is 8.28. The lowest BCUT2D eigenvalue weighted by atomic mass is 10.2. The van der Waals surface area contributed by atoms with E-state index in [4.69, 9.17) is 0 Å². The van der Waals surface area contributed by atoms with Crippen LogP contribution in [-0.2, 0) is 11.3 Å². The lowest BCUT2D eigenvalue weighted by molar-refractivity contribution is -0.119. The number of amides is 1. The second-order valence-corrected chi connectivity index (χ2v) is 4.97. The molecule has 1 N–H and O–H groups in total. The summed E-state index contributed by atoms with van der Waals surface area (Å²) in [5.41, 5.74) is 1.33. The maximum absolute atomic E-state index is 11.3. The molecule has 1 aliphatic heterocycles. The molecule has 1 amide bonds. The van der Waals surface area contributed by atoms with Gasteiger partial charge in [-0.2, -0.15) is 0 Å². The minimum atomic E-state index is 0. The molecule has 1 fully saturated rings. The summed E-state index contributed by atoms with van der Waals surface area (Å²) in [7, 11) is 0. The Bertz CT molecular complexity index is 375. The molecular formula is C13H18BrClN2O. The number of carbonyl (C=O) groups excluding carboxylic acids is 1. The number of hydrogen-bond donors (Lipinski definition) is 1. The van der Waals surface area contributed by atoms with Gasteiger partial charge in [0, 0.05) is 25.7 Å². The number of nitrogens with zero attached hydrogens (tertiary/aromatic N) is 1. The van der Waals surface area contributed by atoms with Crippen LogP contribution in [0.2, 0.25) is 0 Å². The van der Waals surface area contributed by atoms with Crippen molar-refractivity contribution in [1.82, 2.24) is 10.2 Å². The van der Waals surface area contributed by atoms with E-state index in [1.807, 2.05) is 6.07 Å².